The molecule has 1 N–H and O–H groups in total. The Morgan fingerprint density at radius 2 is 2.00 bits per heavy atom. The Morgan fingerprint density at radius 3 is 2.73 bits per heavy atom. The van der Waals surface area contributed by atoms with Crippen LogP contribution >= 0.6 is 11.3 Å². The van der Waals surface area contributed by atoms with E-state index in [1.165, 1.54) is 32.2 Å². The maximum atomic E-state index is 3.74. The van der Waals surface area contributed by atoms with Crippen LogP contribution in [-0.4, -0.2) is 6.54 Å². The summed E-state index contributed by atoms with van der Waals surface area (Å²) in [6.07, 6.45) is 5.62. The molecular weight excluding hydrogens is 202 g/mol. The first-order valence-corrected chi connectivity index (χ1v) is 6.86. The van der Waals surface area contributed by atoms with E-state index in [0.717, 1.165) is 0 Å². The summed E-state index contributed by atoms with van der Waals surface area (Å²) in [4.78, 5) is 1.68. The third-order valence-electron chi connectivity index (χ3n) is 4.25. The molecule has 82 valence electrons. The van der Waals surface area contributed by atoms with Crippen molar-refractivity contribution in [3.8, 4) is 0 Å². The standard InChI is InChI=1S/C13H19NS/c1-12(2)10-5-8-15-11(10)13(9-14-12)6-3-4-7-13/h5,8,14H,3-4,6-7,9H2,1-2H3. The van der Waals surface area contributed by atoms with E-state index < -0.39 is 0 Å². The molecule has 2 heteroatoms. The Kier molecular flexibility index (Phi) is 2.02. The molecule has 1 aliphatic carbocycles. The van der Waals surface area contributed by atoms with Crippen molar-refractivity contribution in [1.29, 1.82) is 0 Å². The third kappa shape index (κ3) is 1.31. The third-order valence-corrected chi connectivity index (χ3v) is 5.41. The fourth-order valence-corrected chi connectivity index (χ4v) is 4.55. The predicted octanol–water partition coefficient (Wildman–Crippen LogP) is 3.40. The zero-order chi connectivity index (χ0) is 10.5. The molecule has 0 unspecified atom stereocenters. The van der Waals surface area contributed by atoms with Gasteiger partial charge in [-0.3, -0.25) is 0 Å². The Balaban J connectivity index is 2.11. The van der Waals surface area contributed by atoms with E-state index in [1.807, 2.05) is 11.3 Å². The second-order valence-corrected chi connectivity index (χ2v) is 6.55. The second-order valence-electron chi connectivity index (χ2n) is 5.63. The number of hydrogen-bond donors (Lipinski definition) is 1. The van der Waals surface area contributed by atoms with Crippen LogP contribution in [-0.2, 0) is 11.0 Å². The van der Waals surface area contributed by atoms with Crippen molar-refractivity contribution in [1.82, 2.24) is 5.32 Å². The Morgan fingerprint density at radius 1 is 1.27 bits per heavy atom. The van der Waals surface area contributed by atoms with Gasteiger partial charge >= 0.3 is 0 Å². The molecule has 1 spiro atoms. The topological polar surface area (TPSA) is 12.0 Å². The van der Waals surface area contributed by atoms with Gasteiger partial charge in [-0.1, -0.05) is 12.8 Å². The highest BCUT2D eigenvalue weighted by Gasteiger charge is 2.44. The molecule has 1 nitrogen and oxygen atoms in total. The van der Waals surface area contributed by atoms with E-state index >= 15 is 0 Å². The summed E-state index contributed by atoms with van der Waals surface area (Å²) in [5, 5.41) is 6.02. The lowest BCUT2D eigenvalue weighted by Gasteiger charge is -2.42. The van der Waals surface area contributed by atoms with Crippen LogP contribution in [0.2, 0.25) is 0 Å². The zero-order valence-corrected chi connectivity index (χ0v) is 10.4. The summed E-state index contributed by atoms with van der Waals surface area (Å²) in [6.45, 7) is 5.80. The number of thiophene rings is 1. The average molecular weight is 221 g/mol. The van der Waals surface area contributed by atoms with Gasteiger partial charge in [-0.25, -0.2) is 0 Å². The molecule has 0 saturated heterocycles. The molecule has 3 rings (SSSR count). The quantitative estimate of drug-likeness (QED) is 0.708. The van der Waals surface area contributed by atoms with Crippen LogP contribution in [0.25, 0.3) is 0 Å². The highest BCUT2D eigenvalue weighted by molar-refractivity contribution is 7.10. The number of fused-ring (bicyclic) bond motifs is 2. The smallest absolute Gasteiger partial charge is 0.0389 e. The van der Waals surface area contributed by atoms with Gasteiger partial charge in [0, 0.05) is 22.4 Å². The number of rotatable bonds is 0. The molecule has 1 aromatic heterocycles. The molecule has 2 aliphatic rings. The van der Waals surface area contributed by atoms with Crippen molar-refractivity contribution in [2.45, 2.75) is 50.5 Å². The van der Waals surface area contributed by atoms with E-state index in [4.69, 9.17) is 0 Å². The first-order chi connectivity index (χ1) is 7.14. The Hall–Kier alpha value is -0.340. The van der Waals surface area contributed by atoms with Crippen molar-refractivity contribution in [3.63, 3.8) is 0 Å². The van der Waals surface area contributed by atoms with E-state index in [1.54, 1.807) is 10.4 Å². The molecule has 1 aromatic rings. The lowest BCUT2D eigenvalue weighted by Crippen LogP contribution is -2.50. The molecule has 1 fully saturated rings. The zero-order valence-electron chi connectivity index (χ0n) is 9.60. The molecule has 15 heavy (non-hydrogen) atoms. The lowest BCUT2D eigenvalue weighted by atomic mass is 9.75. The fraction of sp³-hybridized carbons (Fsp3) is 0.692. The molecular formula is C13H19NS. The predicted molar refractivity (Wildman–Crippen MR) is 65.5 cm³/mol. The SMILES string of the molecule is CC1(C)NCC2(CCCC2)c2sccc21. The molecule has 0 atom stereocenters. The van der Waals surface area contributed by atoms with Crippen LogP contribution < -0.4 is 5.32 Å². The van der Waals surface area contributed by atoms with Crippen LogP contribution in [0.5, 0.6) is 0 Å². The minimum Gasteiger partial charge on any atom is -0.307 e. The van der Waals surface area contributed by atoms with E-state index in [9.17, 15) is 0 Å². The molecule has 0 bridgehead atoms. The number of nitrogens with one attached hydrogen (secondary N) is 1. The van der Waals surface area contributed by atoms with Crippen molar-refractivity contribution in [3.05, 3.63) is 21.9 Å². The minimum atomic E-state index is 0.184. The van der Waals surface area contributed by atoms with Crippen LogP contribution in [0, 0.1) is 0 Å². The Bertz CT molecular complexity index is 372. The largest absolute Gasteiger partial charge is 0.307 e. The Labute approximate surface area is 95.9 Å². The molecule has 2 heterocycles. The maximum Gasteiger partial charge on any atom is 0.0389 e. The molecule has 0 radical (unpaired) electrons. The van der Waals surface area contributed by atoms with Gasteiger partial charge in [0.25, 0.3) is 0 Å². The second kappa shape index (κ2) is 3.08. The van der Waals surface area contributed by atoms with Gasteiger partial charge in [0.15, 0.2) is 0 Å². The fourth-order valence-electron chi connectivity index (χ4n) is 3.23. The molecule has 1 aliphatic heterocycles. The summed E-state index contributed by atoms with van der Waals surface area (Å²) >= 11 is 1.98. The summed E-state index contributed by atoms with van der Waals surface area (Å²) < 4.78 is 0. The summed E-state index contributed by atoms with van der Waals surface area (Å²) in [5.41, 5.74) is 2.24. The average Bonchev–Trinajstić information content (AvgIpc) is 2.83. The first kappa shape index (κ1) is 9.86. The summed E-state index contributed by atoms with van der Waals surface area (Å²) in [5.74, 6) is 0. The van der Waals surface area contributed by atoms with Gasteiger partial charge in [0.05, 0.1) is 0 Å². The highest BCUT2D eigenvalue weighted by atomic mass is 32.1. The summed E-state index contributed by atoms with van der Waals surface area (Å²) in [6, 6.07) is 2.33. The first-order valence-electron chi connectivity index (χ1n) is 5.98. The molecule has 0 amide bonds. The minimum absolute atomic E-state index is 0.184. The van der Waals surface area contributed by atoms with E-state index in [-0.39, 0.29) is 5.54 Å². The van der Waals surface area contributed by atoms with Gasteiger partial charge in [-0.05, 0) is 43.7 Å². The van der Waals surface area contributed by atoms with Gasteiger partial charge in [-0.15, -0.1) is 11.3 Å². The van der Waals surface area contributed by atoms with Gasteiger partial charge in [-0.2, -0.15) is 0 Å². The highest BCUT2D eigenvalue weighted by Crippen LogP contribution is 2.49. The normalized spacial score (nSPS) is 26.8. The van der Waals surface area contributed by atoms with Crippen LogP contribution in [0.1, 0.15) is 50.0 Å². The van der Waals surface area contributed by atoms with E-state index in [2.05, 4.69) is 30.6 Å². The van der Waals surface area contributed by atoms with Gasteiger partial charge < -0.3 is 5.32 Å². The van der Waals surface area contributed by atoms with Gasteiger partial charge in [0.2, 0.25) is 0 Å². The molecule has 1 saturated carbocycles. The van der Waals surface area contributed by atoms with E-state index in [0.29, 0.717) is 5.41 Å². The van der Waals surface area contributed by atoms with Crippen molar-refractivity contribution >= 4 is 11.3 Å². The van der Waals surface area contributed by atoms with Gasteiger partial charge in [0.1, 0.15) is 0 Å². The van der Waals surface area contributed by atoms with Crippen molar-refractivity contribution in [2.75, 3.05) is 6.54 Å². The van der Waals surface area contributed by atoms with Crippen molar-refractivity contribution < 1.29 is 0 Å². The number of hydrogen-bond acceptors (Lipinski definition) is 2. The molecule has 0 aromatic carbocycles. The van der Waals surface area contributed by atoms with Crippen LogP contribution in [0.15, 0.2) is 11.4 Å². The van der Waals surface area contributed by atoms with Crippen LogP contribution in [0.3, 0.4) is 0 Å². The lowest BCUT2D eigenvalue weighted by molar-refractivity contribution is 0.287. The van der Waals surface area contributed by atoms with Crippen molar-refractivity contribution in [2.24, 2.45) is 0 Å². The summed E-state index contributed by atoms with van der Waals surface area (Å²) in [7, 11) is 0. The maximum absolute atomic E-state index is 3.74. The monoisotopic (exact) mass is 221 g/mol. The van der Waals surface area contributed by atoms with Crippen LogP contribution in [0.4, 0.5) is 0 Å².